The van der Waals surface area contributed by atoms with Crippen LogP contribution in [0.2, 0.25) is 5.02 Å². The minimum absolute atomic E-state index is 0.144. The van der Waals surface area contributed by atoms with Crippen LogP contribution < -0.4 is 16.0 Å². The van der Waals surface area contributed by atoms with Crippen LogP contribution in [0.5, 0.6) is 0 Å². The second-order valence-electron chi connectivity index (χ2n) is 8.03. The van der Waals surface area contributed by atoms with Gasteiger partial charge < -0.3 is 25.4 Å². The van der Waals surface area contributed by atoms with Crippen LogP contribution in [0.25, 0.3) is 0 Å². The van der Waals surface area contributed by atoms with Gasteiger partial charge in [0, 0.05) is 44.8 Å². The number of rotatable bonds is 7. The van der Waals surface area contributed by atoms with Gasteiger partial charge in [-0.2, -0.15) is 0 Å². The number of benzene rings is 1. The first-order valence-corrected chi connectivity index (χ1v) is 10.6. The number of carbonyl (C=O) groups is 1. The highest BCUT2D eigenvalue weighted by Crippen LogP contribution is 2.23. The fourth-order valence-corrected chi connectivity index (χ4v) is 3.33. The van der Waals surface area contributed by atoms with Crippen molar-refractivity contribution in [3.63, 3.8) is 0 Å². The highest BCUT2D eigenvalue weighted by atomic mass is 35.5. The van der Waals surface area contributed by atoms with Gasteiger partial charge in [-0.1, -0.05) is 23.7 Å². The molecule has 1 amide bonds. The highest BCUT2D eigenvalue weighted by Gasteiger charge is 2.23. The van der Waals surface area contributed by atoms with Crippen LogP contribution in [0, 0.1) is 0 Å². The minimum Gasteiger partial charge on any atom is -0.444 e. The molecule has 0 spiro atoms. The van der Waals surface area contributed by atoms with E-state index in [4.69, 9.17) is 21.1 Å². The molecule has 0 bridgehead atoms. The number of aliphatic imine (C=N–C) groups is 1. The van der Waals surface area contributed by atoms with Gasteiger partial charge in [-0.15, -0.1) is 0 Å². The number of nitrogens with one attached hydrogen (secondary N) is 3. The first kappa shape index (κ1) is 24.2. The molecule has 3 N–H and O–H groups in total. The van der Waals surface area contributed by atoms with Gasteiger partial charge in [0.2, 0.25) is 0 Å². The van der Waals surface area contributed by atoms with Gasteiger partial charge in [0.25, 0.3) is 0 Å². The number of guanidine groups is 1. The quantitative estimate of drug-likeness (QED) is 0.343. The summed E-state index contributed by atoms with van der Waals surface area (Å²) in [5.41, 5.74) is 0.642. The lowest BCUT2D eigenvalue weighted by atomic mass is 10.0. The van der Waals surface area contributed by atoms with Crippen molar-refractivity contribution in [2.45, 2.75) is 32.4 Å². The number of carbonyl (C=O) groups excluding carboxylic acids is 1. The summed E-state index contributed by atoms with van der Waals surface area (Å²) in [6, 6.07) is 8.10. The predicted octanol–water partition coefficient (Wildman–Crippen LogP) is 2.40. The zero-order valence-corrected chi connectivity index (χ0v) is 19.1. The normalized spacial score (nSPS) is 16.6. The Balaban J connectivity index is 1.86. The molecular weight excluding hydrogens is 406 g/mol. The summed E-state index contributed by atoms with van der Waals surface area (Å²) in [5.74, 6) is 0.668. The van der Waals surface area contributed by atoms with Crippen molar-refractivity contribution in [3.05, 3.63) is 34.9 Å². The van der Waals surface area contributed by atoms with Crippen molar-refractivity contribution in [2.24, 2.45) is 4.99 Å². The third-order valence-corrected chi connectivity index (χ3v) is 4.73. The van der Waals surface area contributed by atoms with Crippen LogP contribution in [0.3, 0.4) is 0 Å². The molecular formula is C21H34ClN5O3. The standard InChI is InChI=1S/C21H34ClN5O3/c1-21(2,3)30-20(28)25-9-8-24-19(23-4)26-15-18(27-10-12-29-13-11-27)16-6-5-7-17(22)14-16/h5-7,14,18H,8-13,15H2,1-4H3,(H,25,28)(H2,23,24,26). The van der Waals surface area contributed by atoms with E-state index in [1.165, 1.54) is 0 Å². The Kier molecular flexibility index (Phi) is 9.68. The van der Waals surface area contributed by atoms with E-state index in [1.54, 1.807) is 7.05 Å². The molecule has 30 heavy (non-hydrogen) atoms. The van der Waals surface area contributed by atoms with E-state index in [0.29, 0.717) is 25.6 Å². The first-order valence-electron chi connectivity index (χ1n) is 10.3. The van der Waals surface area contributed by atoms with E-state index in [0.717, 1.165) is 36.9 Å². The van der Waals surface area contributed by atoms with E-state index in [1.807, 2.05) is 39.0 Å². The number of ether oxygens (including phenoxy) is 2. The average Bonchev–Trinajstić information content (AvgIpc) is 2.69. The first-order chi connectivity index (χ1) is 14.3. The Morgan fingerprint density at radius 1 is 1.23 bits per heavy atom. The summed E-state index contributed by atoms with van der Waals surface area (Å²) in [7, 11) is 1.72. The topological polar surface area (TPSA) is 87.2 Å². The average molecular weight is 440 g/mol. The Bertz CT molecular complexity index is 702. The lowest BCUT2D eigenvalue weighted by Gasteiger charge is -2.35. The van der Waals surface area contributed by atoms with E-state index < -0.39 is 11.7 Å². The van der Waals surface area contributed by atoms with E-state index in [-0.39, 0.29) is 6.04 Å². The Morgan fingerprint density at radius 2 is 1.93 bits per heavy atom. The van der Waals surface area contributed by atoms with Gasteiger partial charge in [0.15, 0.2) is 5.96 Å². The molecule has 8 nitrogen and oxygen atoms in total. The molecule has 1 fully saturated rings. The zero-order valence-electron chi connectivity index (χ0n) is 18.3. The lowest BCUT2D eigenvalue weighted by molar-refractivity contribution is 0.0170. The molecule has 1 aliphatic rings. The molecule has 1 aliphatic heterocycles. The van der Waals surface area contributed by atoms with Crippen LogP contribution in [0.4, 0.5) is 4.79 Å². The number of alkyl carbamates (subject to hydrolysis) is 1. The fraction of sp³-hybridized carbons (Fsp3) is 0.619. The van der Waals surface area contributed by atoms with Crippen LogP contribution in [-0.4, -0.2) is 75.5 Å². The molecule has 168 valence electrons. The zero-order chi connectivity index (χ0) is 22.0. The van der Waals surface area contributed by atoms with E-state index >= 15 is 0 Å². The molecule has 1 aromatic carbocycles. The van der Waals surface area contributed by atoms with Gasteiger partial charge in [0.1, 0.15) is 5.60 Å². The largest absolute Gasteiger partial charge is 0.444 e. The lowest BCUT2D eigenvalue weighted by Crippen LogP contribution is -2.47. The Labute approximate surface area is 184 Å². The molecule has 0 radical (unpaired) electrons. The maximum Gasteiger partial charge on any atom is 0.407 e. The Hall–Kier alpha value is -2.03. The van der Waals surface area contributed by atoms with Crippen LogP contribution in [0.1, 0.15) is 32.4 Å². The third-order valence-electron chi connectivity index (χ3n) is 4.49. The van der Waals surface area contributed by atoms with Crippen molar-refractivity contribution < 1.29 is 14.3 Å². The maximum atomic E-state index is 11.7. The predicted molar refractivity (Wildman–Crippen MR) is 120 cm³/mol. The number of hydrogen-bond donors (Lipinski definition) is 3. The Morgan fingerprint density at radius 3 is 2.57 bits per heavy atom. The second kappa shape index (κ2) is 12.0. The summed E-state index contributed by atoms with van der Waals surface area (Å²) in [6.45, 7) is 10.3. The summed E-state index contributed by atoms with van der Waals surface area (Å²) >= 11 is 6.22. The number of hydrogen-bond acceptors (Lipinski definition) is 5. The van der Waals surface area contributed by atoms with Gasteiger partial charge in [-0.25, -0.2) is 4.79 Å². The monoisotopic (exact) mass is 439 g/mol. The van der Waals surface area contributed by atoms with Crippen molar-refractivity contribution in [3.8, 4) is 0 Å². The molecule has 2 rings (SSSR count). The van der Waals surface area contributed by atoms with Crippen LogP contribution in [-0.2, 0) is 9.47 Å². The van der Waals surface area contributed by atoms with Crippen molar-refractivity contribution in [1.29, 1.82) is 0 Å². The minimum atomic E-state index is -0.510. The molecule has 1 heterocycles. The smallest absolute Gasteiger partial charge is 0.407 e. The molecule has 1 unspecified atom stereocenters. The molecule has 1 aromatic rings. The number of amides is 1. The van der Waals surface area contributed by atoms with E-state index in [9.17, 15) is 4.79 Å². The number of halogens is 1. The molecule has 0 aliphatic carbocycles. The van der Waals surface area contributed by atoms with Crippen molar-refractivity contribution in [1.82, 2.24) is 20.9 Å². The van der Waals surface area contributed by atoms with E-state index in [2.05, 4.69) is 31.9 Å². The molecule has 1 atom stereocenters. The van der Waals surface area contributed by atoms with Crippen LogP contribution >= 0.6 is 11.6 Å². The second-order valence-corrected chi connectivity index (χ2v) is 8.46. The SMILES string of the molecule is CN=C(NCCNC(=O)OC(C)(C)C)NCC(c1cccc(Cl)c1)N1CCOCC1. The van der Waals surface area contributed by atoms with Gasteiger partial charge in [-0.3, -0.25) is 9.89 Å². The summed E-state index contributed by atoms with van der Waals surface area (Å²) in [6.07, 6.45) is -0.430. The molecule has 1 saturated heterocycles. The van der Waals surface area contributed by atoms with Gasteiger partial charge in [0.05, 0.1) is 19.3 Å². The summed E-state index contributed by atoms with van der Waals surface area (Å²) in [5, 5.41) is 10.0. The van der Waals surface area contributed by atoms with Gasteiger partial charge >= 0.3 is 6.09 Å². The molecule has 0 saturated carbocycles. The maximum absolute atomic E-state index is 11.7. The summed E-state index contributed by atoms with van der Waals surface area (Å²) < 4.78 is 10.7. The third kappa shape index (κ3) is 8.77. The summed E-state index contributed by atoms with van der Waals surface area (Å²) in [4.78, 5) is 18.4. The van der Waals surface area contributed by atoms with Gasteiger partial charge in [-0.05, 0) is 38.5 Å². The number of nitrogens with zero attached hydrogens (tertiary/aromatic N) is 2. The molecule has 9 heteroatoms. The number of morpholine rings is 1. The highest BCUT2D eigenvalue weighted by molar-refractivity contribution is 6.30. The molecule has 0 aromatic heterocycles. The van der Waals surface area contributed by atoms with Crippen molar-refractivity contribution >= 4 is 23.7 Å². The fourth-order valence-electron chi connectivity index (χ4n) is 3.13. The van der Waals surface area contributed by atoms with Crippen LogP contribution in [0.15, 0.2) is 29.3 Å². The van der Waals surface area contributed by atoms with Crippen molar-refractivity contribution in [2.75, 3.05) is 53.0 Å².